The summed E-state index contributed by atoms with van der Waals surface area (Å²) in [4.78, 5) is 4.80. The zero-order chi connectivity index (χ0) is 9.84. The van der Waals surface area contributed by atoms with Crippen molar-refractivity contribution in [3.05, 3.63) is 0 Å². The molecule has 1 N–H and O–H groups in total. The van der Waals surface area contributed by atoms with Crippen molar-refractivity contribution in [1.82, 2.24) is 9.80 Å². The number of aliphatic hydroxyl groups is 1. The molecule has 0 saturated carbocycles. The lowest BCUT2D eigenvalue weighted by atomic mass is 10.1. The predicted molar refractivity (Wildman–Crippen MR) is 54.8 cm³/mol. The maximum absolute atomic E-state index is 9.22. The highest BCUT2D eigenvalue weighted by molar-refractivity contribution is 4.82. The smallest absolute Gasteiger partial charge is 0.0599 e. The third-order valence-corrected chi connectivity index (χ3v) is 2.98. The summed E-state index contributed by atoms with van der Waals surface area (Å²) in [6.07, 6.45) is 0. The molecule has 1 fully saturated rings. The number of aliphatic hydroxyl groups excluding tert-OH is 1. The molecule has 1 rings (SSSR count). The predicted octanol–water partition coefficient (Wildman–Crippen LogP) is 0.393. The second-order valence-corrected chi connectivity index (χ2v) is 4.05. The maximum atomic E-state index is 9.22. The van der Waals surface area contributed by atoms with Gasteiger partial charge in [0, 0.05) is 31.7 Å². The van der Waals surface area contributed by atoms with Gasteiger partial charge in [-0.1, -0.05) is 6.92 Å². The average Bonchev–Trinajstić information content (AvgIpc) is 2.16. The Balaban J connectivity index is 2.47. The van der Waals surface area contributed by atoms with Crippen LogP contribution in [0, 0.1) is 0 Å². The van der Waals surface area contributed by atoms with Gasteiger partial charge in [-0.3, -0.25) is 9.80 Å². The van der Waals surface area contributed by atoms with E-state index < -0.39 is 0 Å². The van der Waals surface area contributed by atoms with E-state index in [4.69, 9.17) is 0 Å². The van der Waals surface area contributed by atoms with Gasteiger partial charge in [-0.05, 0) is 20.4 Å². The second-order valence-electron chi connectivity index (χ2n) is 4.05. The first-order valence-electron chi connectivity index (χ1n) is 5.28. The Morgan fingerprint density at radius 1 is 1.38 bits per heavy atom. The highest BCUT2D eigenvalue weighted by atomic mass is 16.3. The van der Waals surface area contributed by atoms with Crippen LogP contribution in [0.2, 0.25) is 0 Å². The number of rotatable bonds is 3. The Morgan fingerprint density at radius 2 is 2.08 bits per heavy atom. The summed E-state index contributed by atoms with van der Waals surface area (Å²) < 4.78 is 0. The van der Waals surface area contributed by atoms with Crippen LogP contribution in [0.5, 0.6) is 0 Å². The summed E-state index contributed by atoms with van der Waals surface area (Å²) in [5.74, 6) is 0. The molecule has 1 atom stereocenters. The SMILES string of the molecule is CCN1CCN(C(C)C)CC1CO. The first-order chi connectivity index (χ1) is 6.19. The summed E-state index contributed by atoms with van der Waals surface area (Å²) in [5.41, 5.74) is 0. The number of nitrogens with zero attached hydrogens (tertiary/aromatic N) is 2. The molecule has 1 heterocycles. The summed E-state index contributed by atoms with van der Waals surface area (Å²) >= 11 is 0. The van der Waals surface area contributed by atoms with E-state index in [1.54, 1.807) is 0 Å². The van der Waals surface area contributed by atoms with Crippen LogP contribution in [0.1, 0.15) is 20.8 Å². The van der Waals surface area contributed by atoms with Crippen LogP contribution in [0.3, 0.4) is 0 Å². The van der Waals surface area contributed by atoms with Gasteiger partial charge in [0.25, 0.3) is 0 Å². The van der Waals surface area contributed by atoms with Gasteiger partial charge in [-0.2, -0.15) is 0 Å². The lowest BCUT2D eigenvalue weighted by molar-refractivity contribution is 0.0303. The Bertz CT molecular complexity index is 150. The molecule has 78 valence electrons. The molecule has 1 aliphatic rings. The quantitative estimate of drug-likeness (QED) is 0.691. The number of piperazine rings is 1. The molecule has 0 aromatic rings. The highest BCUT2D eigenvalue weighted by Gasteiger charge is 2.26. The van der Waals surface area contributed by atoms with Crippen molar-refractivity contribution >= 4 is 0 Å². The molecule has 3 heteroatoms. The molecule has 0 aromatic carbocycles. The Kier molecular flexibility index (Phi) is 4.16. The van der Waals surface area contributed by atoms with Gasteiger partial charge < -0.3 is 5.11 Å². The third kappa shape index (κ3) is 2.66. The van der Waals surface area contributed by atoms with Crippen LogP contribution >= 0.6 is 0 Å². The molecule has 0 bridgehead atoms. The van der Waals surface area contributed by atoms with E-state index in [1.807, 2.05) is 0 Å². The normalized spacial score (nSPS) is 27.0. The largest absolute Gasteiger partial charge is 0.395 e. The monoisotopic (exact) mass is 186 g/mol. The fourth-order valence-electron chi connectivity index (χ4n) is 1.98. The second kappa shape index (κ2) is 4.94. The lowest BCUT2D eigenvalue weighted by Crippen LogP contribution is -2.56. The van der Waals surface area contributed by atoms with Crippen LogP contribution in [0.25, 0.3) is 0 Å². The summed E-state index contributed by atoms with van der Waals surface area (Å²) in [5, 5.41) is 9.22. The van der Waals surface area contributed by atoms with Crippen LogP contribution in [-0.2, 0) is 0 Å². The van der Waals surface area contributed by atoms with Crippen molar-refractivity contribution in [2.75, 3.05) is 32.8 Å². The van der Waals surface area contributed by atoms with Gasteiger partial charge in [-0.15, -0.1) is 0 Å². The Morgan fingerprint density at radius 3 is 2.54 bits per heavy atom. The molecule has 0 radical (unpaired) electrons. The number of hydrogen-bond donors (Lipinski definition) is 1. The fourth-order valence-corrected chi connectivity index (χ4v) is 1.98. The van der Waals surface area contributed by atoms with Crippen molar-refractivity contribution in [2.45, 2.75) is 32.9 Å². The van der Waals surface area contributed by atoms with Gasteiger partial charge in [0.15, 0.2) is 0 Å². The molecule has 0 aromatic heterocycles. The zero-order valence-electron chi connectivity index (χ0n) is 9.03. The van der Waals surface area contributed by atoms with Crippen LogP contribution in [0.15, 0.2) is 0 Å². The topological polar surface area (TPSA) is 26.7 Å². The van der Waals surface area contributed by atoms with Crippen molar-refractivity contribution in [1.29, 1.82) is 0 Å². The molecule has 1 saturated heterocycles. The molecular formula is C10H22N2O. The van der Waals surface area contributed by atoms with Crippen molar-refractivity contribution in [2.24, 2.45) is 0 Å². The number of hydrogen-bond acceptors (Lipinski definition) is 3. The van der Waals surface area contributed by atoms with Crippen LogP contribution < -0.4 is 0 Å². The first-order valence-corrected chi connectivity index (χ1v) is 5.28. The lowest BCUT2D eigenvalue weighted by Gasteiger charge is -2.41. The minimum atomic E-state index is 0.289. The standard InChI is InChI=1S/C10H22N2O/c1-4-11-5-6-12(9(2)3)7-10(11)8-13/h9-10,13H,4-8H2,1-3H3. The number of likely N-dealkylation sites (N-methyl/N-ethyl adjacent to an activating group) is 1. The van der Waals surface area contributed by atoms with E-state index in [9.17, 15) is 5.11 Å². The van der Waals surface area contributed by atoms with Gasteiger partial charge in [0.1, 0.15) is 0 Å². The van der Waals surface area contributed by atoms with Crippen molar-refractivity contribution < 1.29 is 5.11 Å². The average molecular weight is 186 g/mol. The van der Waals surface area contributed by atoms with E-state index in [0.29, 0.717) is 12.1 Å². The summed E-state index contributed by atoms with van der Waals surface area (Å²) in [6, 6.07) is 0.953. The molecule has 1 aliphatic heterocycles. The van der Waals surface area contributed by atoms with Crippen LogP contribution in [0.4, 0.5) is 0 Å². The molecule has 0 aliphatic carbocycles. The zero-order valence-corrected chi connectivity index (χ0v) is 9.03. The molecule has 0 spiro atoms. The van der Waals surface area contributed by atoms with Gasteiger partial charge >= 0.3 is 0 Å². The van der Waals surface area contributed by atoms with Crippen molar-refractivity contribution in [3.8, 4) is 0 Å². The first kappa shape index (κ1) is 11.0. The fraction of sp³-hybridized carbons (Fsp3) is 1.00. The van der Waals surface area contributed by atoms with E-state index in [-0.39, 0.29) is 6.61 Å². The highest BCUT2D eigenvalue weighted by Crippen LogP contribution is 2.11. The minimum Gasteiger partial charge on any atom is -0.395 e. The van der Waals surface area contributed by atoms with E-state index in [2.05, 4.69) is 30.6 Å². The van der Waals surface area contributed by atoms with Crippen LogP contribution in [-0.4, -0.2) is 59.8 Å². The van der Waals surface area contributed by atoms with Gasteiger partial charge in [0.2, 0.25) is 0 Å². The third-order valence-electron chi connectivity index (χ3n) is 2.98. The molecular weight excluding hydrogens is 164 g/mol. The molecule has 3 nitrogen and oxygen atoms in total. The minimum absolute atomic E-state index is 0.289. The molecule has 1 unspecified atom stereocenters. The van der Waals surface area contributed by atoms with E-state index in [1.165, 1.54) is 0 Å². The molecule has 0 amide bonds. The van der Waals surface area contributed by atoms with Crippen molar-refractivity contribution in [3.63, 3.8) is 0 Å². The van der Waals surface area contributed by atoms with E-state index >= 15 is 0 Å². The molecule has 13 heavy (non-hydrogen) atoms. The summed E-state index contributed by atoms with van der Waals surface area (Å²) in [6.45, 7) is 11.2. The van der Waals surface area contributed by atoms with Gasteiger partial charge in [0.05, 0.1) is 6.61 Å². The summed E-state index contributed by atoms with van der Waals surface area (Å²) in [7, 11) is 0. The van der Waals surface area contributed by atoms with Gasteiger partial charge in [-0.25, -0.2) is 0 Å². The maximum Gasteiger partial charge on any atom is 0.0599 e. The Labute approximate surface area is 81.3 Å². The van der Waals surface area contributed by atoms with E-state index in [0.717, 1.165) is 26.2 Å². The Hall–Kier alpha value is -0.120.